The summed E-state index contributed by atoms with van der Waals surface area (Å²) in [4.78, 5) is 14.6. The van der Waals surface area contributed by atoms with Gasteiger partial charge >= 0.3 is 0 Å². The number of benzene rings is 1. The molecule has 1 fully saturated rings. The van der Waals surface area contributed by atoms with Crippen LogP contribution in [-0.4, -0.2) is 39.3 Å². The third-order valence-corrected chi connectivity index (χ3v) is 6.18. The third-order valence-electron chi connectivity index (χ3n) is 5.26. The molecule has 1 aliphatic rings. The SMILES string of the molecule is Cc1ccc(-c2nnc(S[C@@H](C)C(=O)N(C)C3CCCCC3)o2)cc1C. The number of aromatic nitrogens is 2. The van der Waals surface area contributed by atoms with E-state index in [2.05, 4.69) is 24.0 Å². The standard InChI is InChI=1S/C20H27N3O2S/c1-13-10-11-16(12-14(13)2)18-21-22-20(25-18)26-15(3)19(24)23(4)17-8-6-5-7-9-17/h10-12,15,17H,5-9H2,1-4H3/t15-/m0/s1. The van der Waals surface area contributed by atoms with Crippen LogP contribution in [-0.2, 0) is 4.79 Å². The molecule has 0 bridgehead atoms. The van der Waals surface area contributed by atoms with Crippen molar-refractivity contribution in [1.29, 1.82) is 0 Å². The highest BCUT2D eigenvalue weighted by atomic mass is 32.2. The number of nitrogens with zero attached hydrogens (tertiary/aromatic N) is 3. The molecule has 1 aliphatic carbocycles. The van der Waals surface area contributed by atoms with Crippen LogP contribution in [0.2, 0.25) is 0 Å². The second-order valence-corrected chi connectivity index (χ2v) is 8.47. The van der Waals surface area contributed by atoms with E-state index >= 15 is 0 Å². The van der Waals surface area contributed by atoms with E-state index in [-0.39, 0.29) is 11.2 Å². The summed E-state index contributed by atoms with van der Waals surface area (Å²) in [6, 6.07) is 6.44. The van der Waals surface area contributed by atoms with Crippen molar-refractivity contribution < 1.29 is 9.21 Å². The minimum absolute atomic E-state index is 0.132. The molecule has 1 saturated carbocycles. The summed E-state index contributed by atoms with van der Waals surface area (Å²) in [5.41, 5.74) is 3.33. The van der Waals surface area contributed by atoms with Crippen LogP contribution in [0.25, 0.3) is 11.5 Å². The fourth-order valence-corrected chi connectivity index (χ4v) is 4.17. The Kier molecular flexibility index (Phi) is 6.01. The zero-order valence-corrected chi connectivity index (χ0v) is 16.8. The van der Waals surface area contributed by atoms with Gasteiger partial charge in [0, 0.05) is 18.7 Å². The number of carbonyl (C=O) groups excluding carboxylic acids is 1. The Morgan fingerprint density at radius 1 is 1.19 bits per heavy atom. The summed E-state index contributed by atoms with van der Waals surface area (Å²) in [6.07, 6.45) is 5.93. The van der Waals surface area contributed by atoms with Crippen LogP contribution in [0.4, 0.5) is 0 Å². The maximum Gasteiger partial charge on any atom is 0.277 e. The lowest BCUT2D eigenvalue weighted by Gasteiger charge is -2.32. The van der Waals surface area contributed by atoms with Crippen LogP contribution in [0.15, 0.2) is 27.8 Å². The Morgan fingerprint density at radius 3 is 2.62 bits per heavy atom. The van der Waals surface area contributed by atoms with Gasteiger partial charge in [-0.15, -0.1) is 10.2 Å². The van der Waals surface area contributed by atoms with Gasteiger partial charge in [-0.3, -0.25) is 4.79 Å². The second kappa shape index (κ2) is 8.25. The summed E-state index contributed by atoms with van der Waals surface area (Å²) in [5, 5.41) is 8.46. The Labute approximate surface area is 159 Å². The molecule has 5 nitrogen and oxygen atoms in total. The first-order valence-electron chi connectivity index (χ1n) is 9.30. The molecule has 1 heterocycles. The molecule has 0 saturated heterocycles. The number of carbonyl (C=O) groups is 1. The lowest BCUT2D eigenvalue weighted by atomic mass is 9.94. The lowest BCUT2D eigenvalue weighted by Crippen LogP contribution is -2.42. The van der Waals surface area contributed by atoms with E-state index in [4.69, 9.17) is 4.42 Å². The van der Waals surface area contributed by atoms with Crippen molar-refractivity contribution in [1.82, 2.24) is 15.1 Å². The van der Waals surface area contributed by atoms with Crippen LogP contribution in [0, 0.1) is 13.8 Å². The van der Waals surface area contributed by atoms with Crippen LogP contribution in [0.1, 0.15) is 50.2 Å². The molecule has 6 heteroatoms. The number of hydrogen-bond acceptors (Lipinski definition) is 5. The van der Waals surface area contributed by atoms with Gasteiger partial charge in [0.15, 0.2) is 0 Å². The molecule has 26 heavy (non-hydrogen) atoms. The van der Waals surface area contributed by atoms with E-state index in [0.29, 0.717) is 17.2 Å². The van der Waals surface area contributed by atoms with Crippen LogP contribution in [0.3, 0.4) is 0 Å². The molecule has 1 aromatic carbocycles. The van der Waals surface area contributed by atoms with Crippen molar-refractivity contribution in [3.63, 3.8) is 0 Å². The molecule has 1 amide bonds. The maximum atomic E-state index is 12.7. The summed E-state index contributed by atoms with van der Waals surface area (Å²) >= 11 is 1.34. The van der Waals surface area contributed by atoms with Gasteiger partial charge in [0.2, 0.25) is 11.8 Å². The van der Waals surface area contributed by atoms with Crippen molar-refractivity contribution in [2.45, 2.75) is 69.4 Å². The van der Waals surface area contributed by atoms with Gasteiger partial charge in [-0.2, -0.15) is 0 Å². The molecule has 140 valence electrons. The van der Waals surface area contributed by atoms with E-state index in [1.807, 2.05) is 37.1 Å². The highest BCUT2D eigenvalue weighted by Gasteiger charge is 2.27. The highest BCUT2D eigenvalue weighted by molar-refractivity contribution is 8.00. The maximum absolute atomic E-state index is 12.7. The molecule has 1 atom stereocenters. The van der Waals surface area contributed by atoms with Gasteiger partial charge in [-0.05, 0) is 56.9 Å². The van der Waals surface area contributed by atoms with E-state index in [0.717, 1.165) is 18.4 Å². The fraction of sp³-hybridized carbons (Fsp3) is 0.550. The first-order chi connectivity index (χ1) is 12.5. The van der Waals surface area contributed by atoms with E-state index in [1.54, 1.807) is 0 Å². The molecular weight excluding hydrogens is 346 g/mol. The van der Waals surface area contributed by atoms with Crippen LogP contribution in [0.5, 0.6) is 0 Å². The second-order valence-electron chi connectivity index (χ2n) is 7.17. The average molecular weight is 374 g/mol. The Balaban J connectivity index is 1.64. The van der Waals surface area contributed by atoms with E-state index < -0.39 is 0 Å². The van der Waals surface area contributed by atoms with Crippen molar-refractivity contribution >= 4 is 17.7 Å². The highest BCUT2D eigenvalue weighted by Crippen LogP contribution is 2.29. The van der Waals surface area contributed by atoms with Crippen LogP contribution < -0.4 is 0 Å². The fourth-order valence-electron chi connectivity index (χ4n) is 3.39. The smallest absolute Gasteiger partial charge is 0.277 e. The number of thioether (sulfide) groups is 1. The molecule has 2 aromatic rings. The van der Waals surface area contributed by atoms with Gasteiger partial charge in [-0.1, -0.05) is 37.1 Å². The number of aryl methyl sites for hydroxylation is 2. The quantitative estimate of drug-likeness (QED) is 0.716. The van der Waals surface area contributed by atoms with Crippen molar-refractivity contribution in [2.24, 2.45) is 0 Å². The first-order valence-corrected chi connectivity index (χ1v) is 10.2. The summed E-state index contributed by atoms with van der Waals surface area (Å²) in [5.74, 6) is 0.628. The Hall–Kier alpha value is -1.82. The van der Waals surface area contributed by atoms with Crippen molar-refractivity contribution in [2.75, 3.05) is 7.05 Å². The van der Waals surface area contributed by atoms with Crippen molar-refractivity contribution in [3.8, 4) is 11.5 Å². The van der Waals surface area contributed by atoms with Gasteiger partial charge in [0.25, 0.3) is 5.22 Å². The zero-order valence-electron chi connectivity index (χ0n) is 16.0. The average Bonchev–Trinajstić information content (AvgIpc) is 3.12. The minimum Gasteiger partial charge on any atom is -0.411 e. The largest absolute Gasteiger partial charge is 0.411 e. The third kappa shape index (κ3) is 4.29. The first kappa shape index (κ1) is 19.0. The molecule has 0 unspecified atom stereocenters. The van der Waals surface area contributed by atoms with E-state index in [1.165, 1.54) is 42.2 Å². The molecular formula is C20H27N3O2S. The van der Waals surface area contributed by atoms with Gasteiger partial charge in [0.1, 0.15) is 0 Å². The van der Waals surface area contributed by atoms with Gasteiger partial charge < -0.3 is 9.32 Å². The molecule has 1 aromatic heterocycles. The van der Waals surface area contributed by atoms with Crippen LogP contribution >= 0.6 is 11.8 Å². The Morgan fingerprint density at radius 2 is 1.92 bits per heavy atom. The molecule has 0 N–H and O–H groups in total. The normalized spacial score (nSPS) is 16.5. The van der Waals surface area contributed by atoms with E-state index in [9.17, 15) is 4.79 Å². The predicted molar refractivity (Wildman–Crippen MR) is 104 cm³/mol. The van der Waals surface area contributed by atoms with Gasteiger partial charge in [0.05, 0.1) is 5.25 Å². The lowest BCUT2D eigenvalue weighted by molar-refractivity contribution is -0.131. The van der Waals surface area contributed by atoms with Gasteiger partial charge in [-0.25, -0.2) is 0 Å². The summed E-state index contributed by atoms with van der Waals surface area (Å²) in [7, 11) is 1.92. The topological polar surface area (TPSA) is 59.2 Å². The minimum atomic E-state index is -0.241. The number of rotatable bonds is 5. The summed E-state index contributed by atoms with van der Waals surface area (Å²) in [6.45, 7) is 6.04. The monoisotopic (exact) mass is 373 g/mol. The number of amides is 1. The predicted octanol–water partition coefficient (Wildman–Crippen LogP) is 4.63. The van der Waals surface area contributed by atoms with Crippen molar-refractivity contribution in [3.05, 3.63) is 29.3 Å². The molecule has 0 spiro atoms. The molecule has 3 rings (SSSR count). The zero-order chi connectivity index (χ0) is 18.7. The molecule has 0 aliphatic heterocycles. The molecule has 0 radical (unpaired) electrons. The number of hydrogen-bond donors (Lipinski definition) is 0. The Bertz CT molecular complexity index is 768. The summed E-state index contributed by atoms with van der Waals surface area (Å²) < 4.78 is 5.78.